The summed E-state index contributed by atoms with van der Waals surface area (Å²) in [5.41, 5.74) is 4.51. The molecule has 0 bridgehead atoms. The van der Waals surface area contributed by atoms with E-state index in [2.05, 4.69) is 47.0 Å². The molecule has 2 aromatic carbocycles. The molecule has 0 spiro atoms. The number of hydrogen-bond donors (Lipinski definition) is 2. The monoisotopic (exact) mass is 320 g/mol. The van der Waals surface area contributed by atoms with Crippen LogP contribution in [0, 0.1) is 0 Å². The molecule has 1 aliphatic heterocycles. The zero-order valence-corrected chi connectivity index (χ0v) is 13.9. The number of carbonyl (C=O) groups excluding carboxylic acids is 1. The molecular weight excluding hydrogens is 296 g/mol. The summed E-state index contributed by atoms with van der Waals surface area (Å²) >= 11 is 0. The molecule has 0 saturated heterocycles. The Bertz CT molecular complexity index is 707. The molecular formula is C21H24N2O. The number of nitrogens with one attached hydrogen (secondary N) is 2. The fourth-order valence-corrected chi connectivity index (χ4v) is 3.00. The average molecular weight is 320 g/mol. The van der Waals surface area contributed by atoms with E-state index in [1.807, 2.05) is 24.3 Å². The third kappa shape index (κ3) is 4.56. The third-order valence-corrected chi connectivity index (χ3v) is 4.42. The SMILES string of the molecule is O=C(NCC1=CCNCC1)c1ccccc1CCc1ccccc1. The molecule has 0 radical (unpaired) electrons. The van der Waals surface area contributed by atoms with E-state index in [1.165, 1.54) is 11.1 Å². The van der Waals surface area contributed by atoms with E-state index >= 15 is 0 Å². The quantitative estimate of drug-likeness (QED) is 0.803. The van der Waals surface area contributed by atoms with Gasteiger partial charge in [0.1, 0.15) is 0 Å². The Balaban J connectivity index is 1.62. The molecule has 3 heteroatoms. The summed E-state index contributed by atoms with van der Waals surface area (Å²) < 4.78 is 0. The molecule has 0 unspecified atom stereocenters. The first-order valence-corrected chi connectivity index (χ1v) is 8.61. The van der Waals surface area contributed by atoms with Gasteiger partial charge in [-0.1, -0.05) is 60.2 Å². The van der Waals surface area contributed by atoms with E-state index in [0.717, 1.165) is 43.5 Å². The second-order valence-corrected chi connectivity index (χ2v) is 6.14. The number of rotatable bonds is 6. The summed E-state index contributed by atoms with van der Waals surface area (Å²) in [5.74, 6) is 0.0260. The molecule has 3 rings (SSSR count). The Morgan fingerprint density at radius 1 is 1.00 bits per heavy atom. The highest BCUT2D eigenvalue weighted by Gasteiger charge is 2.12. The van der Waals surface area contributed by atoms with Crippen LogP contribution in [0.2, 0.25) is 0 Å². The maximum absolute atomic E-state index is 12.6. The zero-order valence-electron chi connectivity index (χ0n) is 13.9. The molecule has 0 fully saturated rings. The van der Waals surface area contributed by atoms with Crippen molar-refractivity contribution in [1.82, 2.24) is 10.6 Å². The number of carbonyl (C=O) groups is 1. The van der Waals surface area contributed by atoms with Crippen LogP contribution in [0.25, 0.3) is 0 Å². The maximum atomic E-state index is 12.6. The van der Waals surface area contributed by atoms with Crippen molar-refractivity contribution < 1.29 is 4.79 Å². The first-order chi connectivity index (χ1) is 11.8. The molecule has 0 atom stereocenters. The Kier molecular flexibility index (Phi) is 5.80. The summed E-state index contributed by atoms with van der Waals surface area (Å²) in [7, 11) is 0. The van der Waals surface area contributed by atoms with Crippen molar-refractivity contribution in [1.29, 1.82) is 0 Å². The van der Waals surface area contributed by atoms with Gasteiger partial charge in [-0.05, 0) is 43.0 Å². The maximum Gasteiger partial charge on any atom is 0.251 e. The van der Waals surface area contributed by atoms with Gasteiger partial charge >= 0.3 is 0 Å². The highest BCUT2D eigenvalue weighted by Crippen LogP contribution is 2.13. The lowest BCUT2D eigenvalue weighted by Gasteiger charge is -2.15. The molecule has 0 saturated carbocycles. The Hall–Kier alpha value is -2.39. The minimum Gasteiger partial charge on any atom is -0.348 e. The van der Waals surface area contributed by atoms with E-state index < -0.39 is 0 Å². The number of benzene rings is 2. The van der Waals surface area contributed by atoms with Gasteiger partial charge in [0.05, 0.1) is 0 Å². The summed E-state index contributed by atoms with van der Waals surface area (Å²) in [6.45, 7) is 2.54. The van der Waals surface area contributed by atoms with Crippen molar-refractivity contribution in [2.24, 2.45) is 0 Å². The van der Waals surface area contributed by atoms with Crippen molar-refractivity contribution in [2.45, 2.75) is 19.3 Å². The van der Waals surface area contributed by atoms with Crippen LogP contribution in [-0.2, 0) is 12.8 Å². The molecule has 0 aliphatic carbocycles. The standard InChI is InChI=1S/C21H24N2O/c24-21(23-16-18-12-14-22-15-13-18)20-9-5-4-8-19(20)11-10-17-6-2-1-3-7-17/h1-9,12,22H,10-11,13-16H2,(H,23,24). The van der Waals surface area contributed by atoms with E-state index in [0.29, 0.717) is 6.54 Å². The Morgan fingerprint density at radius 3 is 2.58 bits per heavy atom. The second-order valence-electron chi connectivity index (χ2n) is 6.14. The van der Waals surface area contributed by atoms with Gasteiger partial charge in [-0.2, -0.15) is 0 Å². The van der Waals surface area contributed by atoms with Gasteiger partial charge < -0.3 is 10.6 Å². The molecule has 24 heavy (non-hydrogen) atoms. The fourth-order valence-electron chi connectivity index (χ4n) is 3.00. The van der Waals surface area contributed by atoms with Gasteiger partial charge in [-0.3, -0.25) is 4.79 Å². The molecule has 1 amide bonds. The molecule has 1 aliphatic rings. The van der Waals surface area contributed by atoms with Crippen molar-refractivity contribution >= 4 is 5.91 Å². The van der Waals surface area contributed by atoms with Crippen LogP contribution in [0.15, 0.2) is 66.2 Å². The topological polar surface area (TPSA) is 41.1 Å². The van der Waals surface area contributed by atoms with E-state index in [1.54, 1.807) is 0 Å². The minimum absolute atomic E-state index is 0.0260. The minimum atomic E-state index is 0.0260. The van der Waals surface area contributed by atoms with Gasteiger partial charge in [0.25, 0.3) is 5.91 Å². The molecule has 124 valence electrons. The molecule has 2 aromatic rings. The van der Waals surface area contributed by atoms with E-state index in [4.69, 9.17) is 0 Å². The molecule has 0 aromatic heterocycles. The van der Waals surface area contributed by atoms with Crippen molar-refractivity contribution in [3.63, 3.8) is 0 Å². The highest BCUT2D eigenvalue weighted by molar-refractivity contribution is 5.95. The van der Waals surface area contributed by atoms with Crippen LogP contribution in [0.5, 0.6) is 0 Å². The highest BCUT2D eigenvalue weighted by atomic mass is 16.1. The summed E-state index contributed by atoms with van der Waals surface area (Å²) in [6.07, 6.45) is 5.00. The van der Waals surface area contributed by atoms with E-state index in [-0.39, 0.29) is 5.91 Å². The van der Waals surface area contributed by atoms with Gasteiger partial charge in [0.15, 0.2) is 0 Å². The van der Waals surface area contributed by atoms with Crippen LogP contribution < -0.4 is 10.6 Å². The molecule has 2 N–H and O–H groups in total. The van der Waals surface area contributed by atoms with Crippen LogP contribution >= 0.6 is 0 Å². The van der Waals surface area contributed by atoms with Crippen molar-refractivity contribution in [3.05, 3.63) is 82.9 Å². The first-order valence-electron chi connectivity index (χ1n) is 8.61. The fraction of sp³-hybridized carbons (Fsp3) is 0.286. The van der Waals surface area contributed by atoms with Crippen LogP contribution in [0.1, 0.15) is 27.9 Å². The van der Waals surface area contributed by atoms with Gasteiger partial charge in [0, 0.05) is 18.7 Å². The lowest BCUT2D eigenvalue weighted by Crippen LogP contribution is -2.30. The number of aryl methyl sites for hydroxylation is 2. The van der Waals surface area contributed by atoms with Gasteiger partial charge in [-0.25, -0.2) is 0 Å². The average Bonchev–Trinajstić information content (AvgIpc) is 2.66. The van der Waals surface area contributed by atoms with Crippen LogP contribution in [-0.4, -0.2) is 25.5 Å². The predicted octanol–water partition coefficient (Wildman–Crippen LogP) is 3.12. The van der Waals surface area contributed by atoms with Gasteiger partial charge in [0.2, 0.25) is 0 Å². The number of amides is 1. The van der Waals surface area contributed by atoms with Crippen molar-refractivity contribution in [2.75, 3.05) is 19.6 Å². The first kappa shape index (κ1) is 16.5. The zero-order chi connectivity index (χ0) is 16.6. The summed E-state index contributed by atoms with van der Waals surface area (Å²) in [5, 5.41) is 6.36. The van der Waals surface area contributed by atoms with Crippen LogP contribution in [0.4, 0.5) is 0 Å². The van der Waals surface area contributed by atoms with E-state index in [9.17, 15) is 4.79 Å². The van der Waals surface area contributed by atoms with Crippen LogP contribution in [0.3, 0.4) is 0 Å². The lowest BCUT2D eigenvalue weighted by atomic mass is 9.99. The molecule has 1 heterocycles. The number of hydrogen-bond acceptors (Lipinski definition) is 2. The van der Waals surface area contributed by atoms with Crippen molar-refractivity contribution in [3.8, 4) is 0 Å². The lowest BCUT2D eigenvalue weighted by molar-refractivity contribution is 0.0955. The summed E-state index contributed by atoms with van der Waals surface area (Å²) in [4.78, 5) is 12.6. The normalized spacial score (nSPS) is 14.1. The second kappa shape index (κ2) is 8.46. The largest absolute Gasteiger partial charge is 0.348 e. The predicted molar refractivity (Wildman–Crippen MR) is 98.2 cm³/mol. The smallest absolute Gasteiger partial charge is 0.251 e. The summed E-state index contributed by atoms with van der Waals surface area (Å²) in [6, 6.07) is 18.3. The third-order valence-electron chi connectivity index (χ3n) is 4.42. The molecule has 3 nitrogen and oxygen atoms in total. The van der Waals surface area contributed by atoms with Gasteiger partial charge in [-0.15, -0.1) is 0 Å². The Labute approximate surface area is 143 Å². The Morgan fingerprint density at radius 2 is 1.79 bits per heavy atom.